The molecule has 2 atom stereocenters. The minimum atomic E-state index is -0.202. The van der Waals surface area contributed by atoms with Crippen LogP contribution in [-0.4, -0.2) is 59.0 Å². The molecule has 2 unspecified atom stereocenters. The molecule has 7 rings (SSSR count). The molecule has 0 aliphatic carbocycles. The number of nitrogens with one attached hydrogen (secondary N) is 1. The predicted molar refractivity (Wildman–Crippen MR) is 207 cm³/mol. The van der Waals surface area contributed by atoms with Crippen molar-refractivity contribution in [3.05, 3.63) is 130 Å². The van der Waals surface area contributed by atoms with E-state index < -0.39 is 0 Å². The van der Waals surface area contributed by atoms with Crippen molar-refractivity contribution in [2.24, 2.45) is 5.92 Å². The van der Waals surface area contributed by atoms with Gasteiger partial charge in [0.15, 0.2) is 0 Å². The van der Waals surface area contributed by atoms with Gasteiger partial charge in [-0.2, -0.15) is 0 Å². The number of nitrogens with zero attached hydrogens (tertiary/aromatic N) is 2. The highest BCUT2D eigenvalue weighted by molar-refractivity contribution is 6.00. The number of hydrogen-bond donors (Lipinski definition) is 2. The number of imide groups is 1. The van der Waals surface area contributed by atoms with Crippen molar-refractivity contribution in [3.8, 4) is 11.5 Å². The Kier molecular flexibility index (Phi) is 11.5. The van der Waals surface area contributed by atoms with Gasteiger partial charge in [-0.3, -0.25) is 24.7 Å². The lowest BCUT2D eigenvalue weighted by atomic mass is 9.88. The summed E-state index contributed by atoms with van der Waals surface area (Å²) in [4.78, 5) is 28.7. The van der Waals surface area contributed by atoms with Crippen LogP contribution in [-0.2, 0) is 29.1 Å². The molecular weight excluding hydrogens is 647 g/mol. The van der Waals surface area contributed by atoms with Crippen LogP contribution in [0.4, 0.5) is 0 Å². The Morgan fingerprint density at radius 3 is 2.35 bits per heavy atom. The summed E-state index contributed by atoms with van der Waals surface area (Å²) in [5, 5.41) is 12.4. The van der Waals surface area contributed by atoms with E-state index in [4.69, 9.17) is 4.74 Å². The number of phenols is 1. The van der Waals surface area contributed by atoms with Crippen molar-refractivity contribution >= 4 is 23.0 Å². The van der Waals surface area contributed by atoms with Crippen LogP contribution in [0.5, 0.6) is 11.5 Å². The van der Waals surface area contributed by atoms with Gasteiger partial charge in [0, 0.05) is 32.6 Å². The number of allylic oxidation sites excluding steroid dienone is 1. The Balaban J connectivity index is 0.848. The number of aromatic hydroxyl groups is 1. The topological polar surface area (TPSA) is 82.1 Å². The van der Waals surface area contributed by atoms with E-state index in [1.54, 1.807) is 12.1 Å². The summed E-state index contributed by atoms with van der Waals surface area (Å²) in [6, 6.07) is 33.1. The number of likely N-dealkylation sites (tertiary alicyclic amines) is 1. The van der Waals surface area contributed by atoms with Crippen LogP contribution in [0, 0.1) is 5.92 Å². The summed E-state index contributed by atoms with van der Waals surface area (Å²) in [7, 11) is 0. The highest BCUT2D eigenvalue weighted by Crippen LogP contribution is 2.36. The lowest BCUT2D eigenvalue weighted by Gasteiger charge is -2.29. The lowest BCUT2D eigenvalue weighted by Crippen LogP contribution is -2.50. The Morgan fingerprint density at radius 2 is 1.60 bits per heavy atom. The third-order valence-electron chi connectivity index (χ3n) is 11.1. The number of rotatable bonds is 14. The zero-order valence-corrected chi connectivity index (χ0v) is 30.4. The van der Waals surface area contributed by atoms with Crippen LogP contribution in [0.2, 0.25) is 0 Å². The van der Waals surface area contributed by atoms with E-state index in [0.29, 0.717) is 19.4 Å². The fourth-order valence-electron chi connectivity index (χ4n) is 8.31. The van der Waals surface area contributed by atoms with Crippen LogP contribution >= 0.6 is 0 Å². The maximum Gasteiger partial charge on any atom is 0.243 e. The molecule has 3 heterocycles. The number of ether oxygens (including phenoxy) is 1. The molecule has 2 fully saturated rings. The van der Waals surface area contributed by atoms with Crippen LogP contribution < -0.4 is 10.1 Å². The van der Waals surface area contributed by atoms with Crippen LogP contribution in [0.1, 0.15) is 85.3 Å². The van der Waals surface area contributed by atoms with E-state index in [2.05, 4.69) is 88.8 Å². The molecule has 4 aromatic rings. The first kappa shape index (κ1) is 35.7. The normalized spacial score (nSPS) is 19.7. The van der Waals surface area contributed by atoms with Gasteiger partial charge in [0.1, 0.15) is 18.1 Å². The second-order valence-corrected chi connectivity index (χ2v) is 14.7. The molecule has 7 nitrogen and oxygen atoms in total. The quantitative estimate of drug-likeness (QED) is 0.0790. The van der Waals surface area contributed by atoms with Crippen molar-refractivity contribution < 1.29 is 19.4 Å². The van der Waals surface area contributed by atoms with Crippen LogP contribution in [0.3, 0.4) is 0 Å². The van der Waals surface area contributed by atoms with Gasteiger partial charge in [0.2, 0.25) is 11.8 Å². The number of aryl methyl sites for hydroxylation is 1. The zero-order chi connectivity index (χ0) is 35.9. The van der Waals surface area contributed by atoms with E-state index in [0.717, 1.165) is 68.4 Å². The van der Waals surface area contributed by atoms with E-state index in [9.17, 15) is 14.7 Å². The van der Waals surface area contributed by atoms with Gasteiger partial charge in [0.05, 0.1) is 6.04 Å². The average molecular weight is 698 g/mol. The van der Waals surface area contributed by atoms with E-state index in [1.165, 1.54) is 59.1 Å². The molecule has 0 bridgehead atoms. The fourth-order valence-corrected chi connectivity index (χ4v) is 8.31. The first-order valence-electron chi connectivity index (χ1n) is 19.2. The smallest absolute Gasteiger partial charge is 0.243 e. The Hall–Kier alpha value is -4.72. The Labute approximate surface area is 308 Å². The van der Waals surface area contributed by atoms with Gasteiger partial charge in [-0.25, -0.2) is 0 Å². The molecule has 0 saturated carbocycles. The monoisotopic (exact) mass is 697 g/mol. The Morgan fingerprint density at radius 1 is 0.846 bits per heavy atom. The number of fused-ring (bicyclic) bond motifs is 1. The molecule has 3 aliphatic heterocycles. The maximum absolute atomic E-state index is 12.4. The number of phenolic OH excluding ortho intramolecular Hbond substituents is 1. The maximum atomic E-state index is 12.4. The molecule has 2 N–H and O–H groups in total. The minimum absolute atomic E-state index is 0.146. The van der Waals surface area contributed by atoms with Crippen molar-refractivity contribution in [3.63, 3.8) is 0 Å². The Bertz CT molecular complexity index is 1870. The molecule has 7 heteroatoms. The summed E-state index contributed by atoms with van der Waals surface area (Å²) < 4.78 is 6.23. The van der Waals surface area contributed by atoms with Crippen molar-refractivity contribution in [2.45, 2.75) is 77.4 Å². The molecule has 3 aliphatic rings. The van der Waals surface area contributed by atoms with E-state index >= 15 is 0 Å². The standard InChI is InChI=1S/C45H51N3O4/c1-2-41(34-10-4-3-5-11-34)44(35-14-18-39(49)19-15-35)36-16-20-40(21-17-36)52-27-26-47-25-24-33(29-47)9-7-6-8-32-12-13-37-30-48(31-38(37)28-32)42-22-23-43(50)46-45(42)51/h3-5,10-21,28,33,42,49H,2,6-9,22-27,29-31H2,1H3,(H,46,50,51). The molecule has 0 radical (unpaired) electrons. The van der Waals surface area contributed by atoms with Crippen molar-refractivity contribution in [1.82, 2.24) is 15.1 Å². The number of carbonyl (C=O) groups is 2. The van der Waals surface area contributed by atoms with Gasteiger partial charge in [-0.1, -0.05) is 86.1 Å². The number of amides is 2. The van der Waals surface area contributed by atoms with Crippen molar-refractivity contribution in [2.75, 3.05) is 26.2 Å². The number of piperidine rings is 1. The van der Waals surface area contributed by atoms with Crippen molar-refractivity contribution in [1.29, 1.82) is 0 Å². The number of hydrogen-bond acceptors (Lipinski definition) is 6. The molecule has 52 heavy (non-hydrogen) atoms. The summed E-state index contributed by atoms with van der Waals surface area (Å²) in [5.74, 6) is 1.61. The highest BCUT2D eigenvalue weighted by Gasteiger charge is 2.34. The first-order chi connectivity index (χ1) is 25.4. The number of benzene rings is 4. The summed E-state index contributed by atoms with van der Waals surface area (Å²) >= 11 is 0. The fraction of sp³-hybridized carbons (Fsp3) is 0.378. The largest absolute Gasteiger partial charge is 0.508 e. The molecule has 0 aromatic heterocycles. The van der Waals surface area contributed by atoms with E-state index in [1.807, 2.05) is 18.2 Å². The SMILES string of the molecule is CCC(=C(c1ccc(O)cc1)c1ccc(OCCN2CCC(CCCCc3ccc4c(c3)CN(C3CCC(=O)NC3=O)C4)C2)cc1)c1ccccc1. The summed E-state index contributed by atoms with van der Waals surface area (Å²) in [6.07, 6.45) is 7.99. The van der Waals surface area contributed by atoms with Crippen LogP contribution in [0.25, 0.3) is 11.1 Å². The molecule has 2 saturated heterocycles. The second kappa shape index (κ2) is 16.7. The summed E-state index contributed by atoms with van der Waals surface area (Å²) in [6.45, 7) is 7.68. The summed E-state index contributed by atoms with van der Waals surface area (Å²) in [5.41, 5.74) is 9.89. The molecule has 2 amide bonds. The van der Waals surface area contributed by atoms with E-state index in [-0.39, 0.29) is 23.6 Å². The number of unbranched alkanes of at least 4 members (excludes halogenated alkanes) is 1. The van der Waals surface area contributed by atoms with Gasteiger partial charge in [0.25, 0.3) is 0 Å². The second-order valence-electron chi connectivity index (χ2n) is 14.7. The zero-order valence-electron chi connectivity index (χ0n) is 30.4. The van der Waals surface area contributed by atoms with Gasteiger partial charge < -0.3 is 9.84 Å². The number of carbonyl (C=O) groups excluding carboxylic acids is 2. The third-order valence-corrected chi connectivity index (χ3v) is 11.1. The van der Waals surface area contributed by atoms with Gasteiger partial charge in [-0.05, 0) is 120 Å². The lowest BCUT2D eigenvalue weighted by molar-refractivity contribution is -0.137. The molecule has 4 aromatic carbocycles. The van der Waals surface area contributed by atoms with Gasteiger partial charge in [-0.15, -0.1) is 0 Å². The van der Waals surface area contributed by atoms with Gasteiger partial charge >= 0.3 is 0 Å². The predicted octanol–water partition coefficient (Wildman–Crippen LogP) is 8.00. The first-order valence-corrected chi connectivity index (χ1v) is 19.2. The average Bonchev–Trinajstić information content (AvgIpc) is 3.80. The molecular formula is C45H51N3O4. The minimum Gasteiger partial charge on any atom is -0.508 e. The molecule has 0 spiro atoms. The highest BCUT2D eigenvalue weighted by atomic mass is 16.5. The molecule has 270 valence electrons. The van der Waals surface area contributed by atoms with Crippen LogP contribution in [0.15, 0.2) is 97.1 Å². The third kappa shape index (κ3) is 8.66.